The normalized spacial score (nSPS) is 25.7. The quantitative estimate of drug-likeness (QED) is 0.837. The Hall–Kier alpha value is -1.10. The van der Waals surface area contributed by atoms with Crippen molar-refractivity contribution >= 4 is 23.9 Å². The molecule has 5 heteroatoms. The molecule has 1 aliphatic rings. The topological polar surface area (TPSA) is 72.3 Å². The summed E-state index contributed by atoms with van der Waals surface area (Å²) in [5.41, 5.74) is 13.2. The molecule has 0 radical (unpaired) electrons. The molecule has 0 aliphatic heterocycles. The highest BCUT2D eigenvalue weighted by molar-refractivity contribution is 6.04. The van der Waals surface area contributed by atoms with Crippen LogP contribution in [0.4, 0.5) is 5.69 Å². The predicted octanol–water partition coefficient (Wildman–Crippen LogP) is 1.96. The van der Waals surface area contributed by atoms with Gasteiger partial charge in [0.25, 0.3) is 0 Å². The van der Waals surface area contributed by atoms with Gasteiger partial charge in [0, 0.05) is 31.4 Å². The molecular weight excluding hydrogens is 274 g/mol. The first-order valence-corrected chi connectivity index (χ1v) is 6.82. The van der Waals surface area contributed by atoms with Gasteiger partial charge in [-0.2, -0.15) is 0 Å². The largest absolute Gasteiger partial charge is 0.378 e. The average molecular weight is 298 g/mol. The van der Waals surface area contributed by atoms with E-state index in [1.807, 2.05) is 43.3 Å². The Morgan fingerprint density at radius 1 is 1.25 bits per heavy atom. The molecule has 4 N–H and O–H groups in total. The number of hydrogen-bond acceptors (Lipinski definition) is 4. The highest BCUT2D eigenvalue weighted by Gasteiger charge is 2.41. The molecule has 4 nitrogen and oxygen atoms in total. The lowest BCUT2D eigenvalue weighted by molar-refractivity contribution is 0.0823. The van der Waals surface area contributed by atoms with E-state index in [1.54, 1.807) is 0 Å². The van der Waals surface area contributed by atoms with Crippen molar-refractivity contribution in [2.45, 2.75) is 37.3 Å². The minimum absolute atomic E-state index is 0. The summed E-state index contributed by atoms with van der Waals surface area (Å²) in [7, 11) is 3.94. The Kier molecular flexibility index (Phi) is 5.57. The van der Waals surface area contributed by atoms with Gasteiger partial charge in [-0.1, -0.05) is 12.8 Å². The van der Waals surface area contributed by atoms with Crippen molar-refractivity contribution in [2.24, 2.45) is 11.5 Å². The zero-order chi connectivity index (χ0) is 14.0. The van der Waals surface area contributed by atoms with E-state index in [0.717, 1.165) is 24.9 Å². The Morgan fingerprint density at radius 2 is 1.85 bits per heavy atom. The van der Waals surface area contributed by atoms with E-state index in [-0.39, 0.29) is 24.2 Å². The maximum Gasteiger partial charge on any atom is 0.184 e. The van der Waals surface area contributed by atoms with Gasteiger partial charge in [0.2, 0.25) is 0 Å². The van der Waals surface area contributed by atoms with Gasteiger partial charge in [0.1, 0.15) is 0 Å². The minimum atomic E-state index is -0.891. The van der Waals surface area contributed by atoms with Crippen molar-refractivity contribution in [1.29, 1.82) is 0 Å². The van der Waals surface area contributed by atoms with Crippen molar-refractivity contribution in [3.8, 4) is 0 Å². The van der Waals surface area contributed by atoms with Crippen molar-refractivity contribution in [1.82, 2.24) is 0 Å². The first-order chi connectivity index (χ1) is 8.95. The highest BCUT2D eigenvalue weighted by atomic mass is 35.5. The van der Waals surface area contributed by atoms with Crippen LogP contribution in [0.15, 0.2) is 24.3 Å². The standard InChI is InChI=1S/C15H23N3O.ClH/c1-18(2)12-8-6-11(7-9-12)14(19)15(17)10-4-3-5-13(15)16;/h6-9,13H,3-5,10,16-17H2,1-2H3;1H. The maximum atomic E-state index is 12.6. The third kappa shape index (κ3) is 3.14. The smallest absolute Gasteiger partial charge is 0.184 e. The van der Waals surface area contributed by atoms with E-state index in [4.69, 9.17) is 11.5 Å². The number of carbonyl (C=O) groups is 1. The number of benzene rings is 1. The van der Waals surface area contributed by atoms with Crippen LogP contribution in [-0.4, -0.2) is 31.5 Å². The van der Waals surface area contributed by atoms with Crippen LogP contribution in [0, 0.1) is 0 Å². The van der Waals surface area contributed by atoms with Crippen molar-refractivity contribution in [2.75, 3.05) is 19.0 Å². The zero-order valence-electron chi connectivity index (χ0n) is 12.1. The SMILES string of the molecule is CN(C)c1ccc(C(=O)C2(N)CCCCC2N)cc1.Cl. The fourth-order valence-electron chi connectivity index (χ4n) is 2.69. The van der Waals surface area contributed by atoms with E-state index in [2.05, 4.69) is 0 Å². The molecule has 20 heavy (non-hydrogen) atoms. The van der Waals surface area contributed by atoms with Gasteiger partial charge in [-0.25, -0.2) is 0 Å². The van der Waals surface area contributed by atoms with Gasteiger partial charge in [0.05, 0.1) is 5.54 Å². The average Bonchev–Trinajstić information content (AvgIpc) is 2.41. The molecule has 1 fully saturated rings. The Balaban J connectivity index is 0.00000200. The molecule has 2 atom stereocenters. The summed E-state index contributed by atoms with van der Waals surface area (Å²) >= 11 is 0. The molecule has 0 bridgehead atoms. The number of anilines is 1. The first-order valence-electron chi connectivity index (χ1n) is 6.82. The Labute approximate surface area is 126 Å². The van der Waals surface area contributed by atoms with Crippen LogP contribution in [0.1, 0.15) is 36.0 Å². The molecular formula is C15H24ClN3O. The summed E-state index contributed by atoms with van der Waals surface area (Å²) in [6.45, 7) is 0. The second-order valence-corrected chi connectivity index (χ2v) is 5.66. The molecule has 0 amide bonds. The number of carbonyl (C=O) groups excluding carboxylic acids is 1. The van der Waals surface area contributed by atoms with Crippen LogP contribution >= 0.6 is 12.4 Å². The summed E-state index contributed by atoms with van der Waals surface area (Å²) in [6.07, 6.45) is 3.55. The third-order valence-electron chi connectivity index (χ3n) is 4.09. The molecule has 0 saturated heterocycles. The van der Waals surface area contributed by atoms with Crippen molar-refractivity contribution < 1.29 is 4.79 Å². The van der Waals surface area contributed by atoms with Crippen molar-refractivity contribution in [3.05, 3.63) is 29.8 Å². The summed E-state index contributed by atoms with van der Waals surface area (Å²) in [6, 6.07) is 7.32. The maximum absolute atomic E-state index is 12.6. The molecule has 0 aromatic heterocycles. The molecule has 112 valence electrons. The molecule has 2 rings (SSSR count). The van der Waals surface area contributed by atoms with Crippen LogP contribution in [-0.2, 0) is 0 Å². The minimum Gasteiger partial charge on any atom is -0.378 e. The van der Waals surface area contributed by atoms with E-state index < -0.39 is 5.54 Å². The summed E-state index contributed by atoms with van der Waals surface area (Å²) in [5, 5.41) is 0. The van der Waals surface area contributed by atoms with E-state index in [9.17, 15) is 4.79 Å². The Morgan fingerprint density at radius 3 is 2.35 bits per heavy atom. The number of rotatable bonds is 3. The van der Waals surface area contributed by atoms with Crippen LogP contribution in [0.25, 0.3) is 0 Å². The van der Waals surface area contributed by atoms with Crippen molar-refractivity contribution in [3.63, 3.8) is 0 Å². The first kappa shape index (κ1) is 17.0. The number of hydrogen-bond donors (Lipinski definition) is 2. The van der Waals surface area contributed by atoms with E-state index in [0.29, 0.717) is 12.0 Å². The number of ketones is 1. The second-order valence-electron chi connectivity index (χ2n) is 5.66. The predicted molar refractivity (Wildman–Crippen MR) is 85.7 cm³/mol. The summed E-state index contributed by atoms with van der Waals surface area (Å²) in [5.74, 6) is -0.0231. The van der Waals surface area contributed by atoms with Gasteiger partial charge in [0.15, 0.2) is 5.78 Å². The highest BCUT2D eigenvalue weighted by Crippen LogP contribution is 2.29. The van der Waals surface area contributed by atoms with E-state index in [1.165, 1.54) is 0 Å². The van der Waals surface area contributed by atoms with Crippen LogP contribution < -0.4 is 16.4 Å². The number of halogens is 1. The molecule has 1 saturated carbocycles. The molecule has 1 aliphatic carbocycles. The third-order valence-corrected chi connectivity index (χ3v) is 4.09. The number of Topliss-reactive ketones (excluding diaryl/α,β-unsaturated/α-hetero) is 1. The van der Waals surface area contributed by atoms with E-state index >= 15 is 0 Å². The lowest BCUT2D eigenvalue weighted by Gasteiger charge is -2.37. The fraction of sp³-hybridized carbons (Fsp3) is 0.533. The van der Waals surface area contributed by atoms with Crippen LogP contribution in [0.2, 0.25) is 0 Å². The molecule has 0 heterocycles. The lowest BCUT2D eigenvalue weighted by atomic mass is 9.74. The number of nitrogens with zero attached hydrogens (tertiary/aromatic N) is 1. The fourth-order valence-corrected chi connectivity index (χ4v) is 2.69. The lowest BCUT2D eigenvalue weighted by Crippen LogP contribution is -2.62. The monoisotopic (exact) mass is 297 g/mol. The second kappa shape index (κ2) is 6.57. The van der Waals surface area contributed by atoms with Gasteiger partial charge in [-0.15, -0.1) is 12.4 Å². The zero-order valence-corrected chi connectivity index (χ0v) is 13.0. The Bertz CT molecular complexity index is 461. The van der Waals surface area contributed by atoms with Gasteiger partial charge >= 0.3 is 0 Å². The van der Waals surface area contributed by atoms with Crippen LogP contribution in [0.3, 0.4) is 0 Å². The van der Waals surface area contributed by atoms with Crippen LogP contribution in [0.5, 0.6) is 0 Å². The molecule has 1 aromatic rings. The van der Waals surface area contributed by atoms with Gasteiger partial charge in [-0.3, -0.25) is 4.79 Å². The number of nitrogens with two attached hydrogens (primary N) is 2. The molecule has 0 spiro atoms. The van der Waals surface area contributed by atoms with Gasteiger partial charge in [-0.05, 0) is 37.1 Å². The summed E-state index contributed by atoms with van der Waals surface area (Å²) < 4.78 is 0. The molecule has 2 unspecified atom stereocenters. The molecule has 1 aromatic carbocycles. The summed E-state index contributed by atoms with van der Waals surface area (Å²) in [4.78, 5) is 14.6. The van der Waals surface area contributed by atoms with Gasteiger partial charge < -0.3 is 16.4 Å².